The normalized spacial score (nSPS) is 22.7. The predicted molar refractivity (Wildman–Crippen MR) is 78.3 cm³/mol. The Labute approximate surface area is 124 Å². The molecule has 1 saturated heterocycles. The summed E-state index contributed by atoms with van der Waals surface area (Å²) >= 11 is 5.94. The standard InChI is InChI=1S/C15H20ClNO3/c1-3-20-14-8-11(16)4-5-12(14)15(19)17-7-6-10(2)13(18)9-17/h4-5,8,10,13,18H,3,6-7,9H2,1-2H3. The van der Waals surface area contributed by atoms with Crippen molar-refractivity contribution >= 4 is 17.5 Å². The average Bonchev–Trinajstić information content (AvgIpc) is 2.42. The van der Waals surface area contributed by atoms with Crippen molar-refractivity contribution in [2.75, 3.05) is 19.7 Å². The Balaban J connectivity index is 2.20. The Morgan fingerprint density at radius 3 is 2.95 bits per heavy atom. The fourth-order valence-electron chi connectivity index (χ4n) is 2.35. The van der Waals surface area contributed by atoms with Gasteiger partial charge in [0.15, 0.2) is 0 Å². The van der Waals surface area contributed by atoms with Crippen LogP contribution >= 0.6 is 11.6 Å². The minimum atomic E-state index is -0.462. The second kappa shape index (κ2) is 6.46. The van der Waals surface area contributed by atoms with Crippen LogP contribution in [0.3, 0.4) is 0 Å². The fourth-order valence-corrected chi connectivity index (χ4v) is 2.51. The summed E-state index contributed by atoms with van der Waals surface area (Å²) in [4.78, 5) is 14.2. The number of halogens is 1. The minimum absolute atomic E-state index is 0.115. The van der Waals surface area contributed by atoms with E-state index in [4.69, 9.17) is 16.3 Å². The molecule has 1 amide bonds. The van der Waals surface area contributed by atoms with E-state index in [1.807, 2.05) is 13.8 Å². The van der Waals surface area contributed by atoms with E-state index in [0.29, 0.717) is 36.0 Å². The van der Waals surface area contributed by atoms with E-state index in [9.17, 15) is 9.90 Å². The van der Waals surface area contributed by atoms with E-state index < -0.39 is 6.10 Å². The zero-order valence-electron chi connectivity index (χ0n) is 11.8. The highest BCUT2D eigenvalue weighted by Gasteiger charge is 2.29. The molecule has 2 unspecified atom stereocenters. The van der Waals surface area contributed by atoms with Crippen molar-refractivity contribution in [2.24, 2.45) is 5.92 Å². The van der Waals surface area contributed by atoms with Crippen molar-refractivity contribution < 1.29 is 14.6 Å². The number of benzene rings is 1. The summed E-state index contributed by atoms with van der Waals surface area (Å²) in [7, 11) is 0. The number of aliphatic hydroxyl groups excluding tert-OH is 1. The molecule has 1 fully saturated rings. The van der Waals surface area contributed by atoms with Gasteiger partial charge in [0.05, 0.1) is 18.3 Å². The highest BCUT2D eigenvalue weighted by molar-refractivity contribution is 6.30. The molecule has 2 atom stereocenters. The monoisotopic (exact) mass is 297 g/mol. The highest BCUT2D eigenvalue weighted by Crippen LogP contribution is 2.26. The Morgan fingerprint density at radius 2 is 2.30 bits per heavy atom. The van der Waals surface area contributed by atoms with E-state index >= 15 is 0 Å². The van der Waals surface area contributed by atoms with Gasteiger partial charge in [0.1, 0.15) is 5.75 Å². The molecule has 110 valence electrons. The Bertz CT molecular complexity index is 492. The fraction of sp³-hybridized carbons (Fsp3) is 0.533. The number of piperidine rings is 1. The predicted octanol–water partition coefficient (Wildman–Crippen LogP) is 2.58. The summed E-state index contributed by atoms with van der Waals surface area (Å²) in [5.41, 5.74) is 0.498. The molecular formula is C15H20ClNO3. The Morgan fingerprint density at radius 1 is 1.55 bits per heavy atom. The molecular weight excluding hydrogens is 278 g/mol. The maximum absolute atomic E-state index is 12.6. The smallest absolute Gasteiger partial charge is 0.257 e. The molecule has 2 rings (SSSR count). The van der Waals surface area contributed by atoms with Crippen molar-refractivity contribution in [1.82, 2.24) is 4.90 Å². The van der Waals surface area contributed by atoms with Gasteiger partial charge in [-0.3, -0.25) is 4.79 Å². The summed E-state index contributed by atoms with van der Waals surface area (Å²) < 4.78 is 5.48. The van der Waals surface area contributed by atoms with Crippen LogP contribution in [-0.4, -0.2) is 41.7 Å². The van der Waals surface area contributed by atoms with Crippen molar-refractivity contribution in [3.05, 3.63) is 28.8 Å². The van der Waals surface area contributed by atoms with Gasteiger partial charge in [-0.1, -0.05) is 18.5 Å². The number of carbonyl (C=O) groups is 1. The van der Waals surface area contributed by atoms with Crippen molar-refractivity contribution in [3.63, 3.8) is 0 Å². The molecule has 0 spiro atoms. The molecule has 1 heterocycles. The van der Waals surface area contributed by atoms with Crippen LogP contribution in [0.25, 0.3) is 0 Å². The summed E-state index contributed by atoms with van der Waals surface area (Å²) in [5, 5.41) is 10.5. The van der Waals surface area contributed by atoms with Gasteiger partial charge < -0.3 is 14.7 Å². The van der Waals surface area contributed by atoms with Crippen LogP contribution in [-0.2, 0) is 0 Å². The van der Waals surface area contributed by atoms with Crippen LogP contribution in [0.1, 0.15) is 30.6 Å². The number of rotatable bonds is 3. The lowest BCUT2D eigenvalue weighted by Gasteiger charge is -2.34. The van der Waals surface area contributed by atoms with Crippen LogP contribution in [0.2, 0.25) is 5.02 Å². The van der Waals surface area contributed by atoms with Gasteiger partial charge in [0, 0.05) is 18.1 Å². The minimum Gasteiger partial charge on any atom is -0.493 e. The van der Waals surface area contributed by atoms with Gasteiger partial charge in [-0.05, 0) is 37.5 Å². The molecule has 1 aliphatic heterocycles. The topological polar surface area (TPSA) is 49.8 Å². The van der Waals surface area contributed by atoms with Crippen LogP contribution in [0.4, 0.5) is 0 Å². The van der Waals surface area contributed by atoms with Crippen molar-refractivity contribution in [1.29, 1.82) is 0 Å². The largest absolute Gasteiger partial charge is 0.493 e. The van der Waals surface area contributed by atoms with Gasteiger partial charge in [0.25, 0.3) is 5.91 Å². The van der Waals surface area contributed by atoms with E-state index in [1.54, 1.807) is 23.1 Å². The Kier molecular flexibility index (Phi) is 4.89. The molecule has 0 saturated carbocycles. The number of likely N-dealkylation sites (tertiary alicyclic amines) is 1. The lowest BCUT2D eigenvalue weighted by atomic mass is 9.95. The lowest BCUT2D eigenvalue weighted by Crippen LogP contribution is -2.45. The van der Waals surface area contributed by atoms with Crippen LogP contribution < -0.4 is 4.74 Å². The SMILES string of the molecule is CCOc1cc(Cl)ccc1C(=O)N1CCC(C)C(O)C1. The third-order valence-corrected chi connectivity index (χ3v) is 3.91. The molecule has 1 N–H and O–H groups in total. The van der Waals surface area contributed by atoms with E-state index in [-0.39, 0.29) is 11.8 Å². The maximum Gasteiger partial charge on any atom is 0.257 e. The first-order valence-corrected chi connectivity index (χ1v) is 7.30. The molecule has 20 heavy (non-hydrogen) atoms. The third kappa shape index (κ3) is 3.25. The summed E-state index contributed by atoms with van der Waals surface area (Å²) in [5.74, 6) is 0.616. The number of carbonyl (C=O) groups excluding carboxylic acids is 1. The second-order valence-electron chi connectivity index (χ2n) is 5.16. The van der Waals surface area contributed by atoms with Gasteiger partial charge in [-0.2, -0.15) is 0 Å². The molecule has 0 aromatic heterocycles. The number of hydrogen-bond acceptors (Lipinski definition) is 3. The maximum atomic E-state index is 12.6. The number of β-amino-alcohol motifs (C(OH)–C–C–N with tert-alkyl or cyclic N) is 1. The number of hydrogen-bond donors (Lipinski definition) is 1. The average molecular weight is 298 g/mol. The molecule has 1 aromatic carbocycles. The molecule has 0 aliphatic carbocycles. The lowest BCUT2D eigenvalue weighted by molar-refractivity contribution is 0.0246. The molecule has 4 nitrogen and oxygen atoms in total. The molecule has 0 radical (unpaired) electrons. The van der Waals surface area contributed by atoms with Gasteiger partial charge in [0.2, 0.25) is 0 Å². The van der Waals surface area contributed by atoms with E-state index in [2.05, 4.69) is 0 Å². The first kappa shape index (κ1) is 15.1. The van der Waals surface area contributed by atoms with Gasteiger partial charge in [-0.15, -0.1) is 0 Å². The van der Waals surface area contributed by atoms with Crippen molar-refractivity contribution in [2.45, 2.75) is 26.4 Å². The van der Waals surface area contributed by atoms with Crippen LogP contribution in [0.15, 0.2) is 18.2 Å². The number of nitrogens with zero attached hydrogens (tertiary/aromatic N) is 1. The first-order chi connectivity index (χ1) is 9.52. The molecule has 1 aliphatic rings. The molecule has 1 aromatic rings. The van der Waals surface area contributed by atoms with Crippen molar-refractivity contribution in [3.8, 4) is 5.75 Å². The number of ether oxygens (including phenoxy) is 1. The third-order valence-electron chi connectivity index (χ3n) is 3.68. The summed E-state index contributed by atoms with van der Waals surface area (Å²) in [6.07, 6.45) is 0.348. The van der Waals surface area contributed by atoms with Crippen LogP contribution in [0.5, 0.6) is 5.75 Å². The van der Waals surface area contributed by atoms with E-state index in [0.717, 1.165) is 6.42 Å². The summed E-state index contributed by atoms with van der Waals surface area (Å²) in [6, 6.07) is 5.02. The number of amides is 1. The first-order valence-electron chi connectivity index (χ1n) is 6.92. The molecule has 0 bridgehead atoms. The zero-order chi connectivity index (χ0) is 14.7. The summed E-state index contributed by atoms with van der Waals surface area (Å²) in [6.45, 7) is 5.36. The van der Waals surface area contributed by atoms with Crippen LogP contribution in [0, 0.1) is 5.92 Å². The molecule has 5 heteroatoms. The number of aliphatic hydroxyl groups is 1. The quantitative estimate of drug-likeness (QED) is 0.933. The van der Waals surface area contributed by atoms with E-state index in [1.165, 1.54) is 0 Å². The highest BCUT2D eigenvalue weighted by atomic mass is 35.5. The second-order valence-corrected chi connectivity index (χ2v) is 5.59. The van der Waals surface area contributed by atoms with Gasteiger partial charge >= 0.3 is 0 Å². The Hall–Kier alpha value is -1.26. The zero-order valence-corrected chi connectivity index (χ0v) is 12.6. The van der Waals surface area contributed by atoms with Gasteiger partial charge in [-0.25, -0.2) is 0 Å².